The Kier molecular flexibility index (Phi) is 9.74. The van der Waals surface area contributed by atoms with Crippen LogP contribution in [0.25, 0.3) is 11.0 Å². The monoisotopic (exact) mass is 539 g/mol. The van der Waals surface area contributed by atoms with E-state index in [2.05, 4.69) is 16.0 Å². The maximum absolute atomic E-state index is 13.3. The molecule has 3 rings (SSSR count). The third-order valence-corrected chi connectivity index (χ3v) is 7.49. The predicted octanol–water partition coefficient (Wildman–Crippen LogP) is 6.06. The zero-order valence-electron chi connectivity index (χ0n) is 22.5. The quantitative estimate of drug-likeness (QED) is 0.163. The molecule has 0 aliphatic carbocycles. The second-order valence-electron chi connectivity index (χ2n) is 9.78. The van der Waals surface area contributed by atoms with Crippen LogP contribution >= 0.6 is 0 Å². The summed E-state index contributed by atoms with van der Waals surface area (Å²) in [4.78, 5) is 20.1. The summed E-state index contributed by atoms with van der Waals surface area (Å²) in [7, 11) is -4.35. The van der Waals surface area contributed by atoms with Gasteiger partial charge in [0.1, 0.15) is 11.5 Å². The number of phenolic OH excluding ortho intramolecular Hbond substituents is 2. The van der Waals surface area contributed by atoms with Crippen molar-refractivity contribution in [3.05, 3.63) is 70.3 Å². The molecule has 0 aliphatic rings. The maximum atomic E-state index is 13.3. The number of sulfonamides is 1. The van der Waals surface area contributed by atoms with Crippen LogP contribution in [0.15, 0.2) is 58.8 Å². The average Bonchev–Trinajstić information content (AvgIpc) is 3.29. The minimum absolute atomic E-state index is 0.126. The standard InChI is InChI=1S/C29H37N3O5S/c1-5-6-7-13-21-18-25(33)22(17-16-20(4)12-10-11-19(2)3)27(34)26(21)28(35)32-38(36,37)29-30-23-14-8-9-15-24(23)31-29/h8-9,11,14-16,18,33-34H,5-7,10,12-13,17H2,1-4H3,(H,30,31)(H,32,35). The molecule has 1 amide bonds. The van der Waals surface area contributed by atoms with Gasteiger partial charge in [0.25, 0.3) is 15.9 Å². The summed E-state index contributed by atoms with van der Waals surface area (Å²) in [6.45, 7) is 8.09. The van der Waals surface area contributed by atoms with Gasteiger partial charge in [0.05, 0.1) is 16.6 Å². The lowest BCUT2D eigenvalue weighted by Crippen LogP contribution is -2.32. The number of hydrogen-bond acceptors (Lipinski definition) is 6. The molecule has 0 unspecified atom stereocenters. The molecule has 0 spiro atoms. The smallest absolute Gasteiger partial charge is 0.298 e. The number of fused-ring (bicyclic) bond motifs is 1. The number of aryl methyl sites for hydroxylation is 1. The first-order valence-electron chi connectivity index (χ1n) is 12.9. The highest BCUT2D eigenvalue weighted by atomic mass is 32.2. The van der Waals surface area contributed by atoms with E-state index in [1.807, 2.05) is 38.5 Å². The molecule has 0 fully saturated rings. The minimum atomic E-state index is -4.35. The molecule has 8 nitrogen and oxygen atoms in total. The van der Waals surface area contributed by atoms with E-state index in [1.165, 1.54) is 11.6 Å². The second-order valence-corrected chi connectivity index (χ2v) is 11.4. The normalized spacial score (nSPS) is 12.1. The number of aromatic nitrogens is 2. The summed E-state index contributed by atoms with van der Waals surface area (Å²) in [5.74, 6) is -1.51. The van der Waals surface area contributed by atoms with Gasteiger partial charge in [-0.3, -0.25) is 4.79 Å². The van der Waals surface area contributed by atoms with Gasteiger partial charge < -0.3 is 15.2 Å². The number of nitrogens with one attached hydrogen (secondary N) is 2. The van der Waals surface area contributed by atoms with Crippen LogP contribution in [0.5, 0.6) is 11.5 Å². The number of hydrogen-bond donors (Lipinski definition) is 4. The number of nitrogens with zero attached hydrogens (tertiary/aromatic N) is 1. The predicted molar refractivity (Wildman–Crippen MR) is 150 cm³/mol. The van der Waals surface area contributed by atoms with E-state index in [4.69, 9.17) is 0 Å². The molecule has 0 saturated carbocycles. The second kappa shape index (κ2) is 12.8. The Morgan fingerprint density at radius 3 is 2.53 bits per heavy atom. The molecule has 0 radical (unpaired) electrons. The van der Waals surface area contributed by atoms with E-state index in [-0.39, 0.29) is 23.3 Å². The van der Waals surface area contributed by atoms with Crippen LogP contribution in [-0.2, 0) is 22.9 Å². The summed E-state index contributed by atoms with van der Waals surface area (Å²) in [5, 5.41) is 21.5. The van der Waals surface area contributed by atoms with Crippen molar-refractivity contribution in [1.29, 1.82) is 0 Å². The Morgan fingerprint density at radius 1 is 1.11 bits per heavy atom. The number of rotatable bonds is 12. The Balaban J connectivity index is 1.94. The number of benzene rings is 2. The largest absolute Gasteiger partial charge is 0.508 e. The summed E-state index contributed by atoms with van der Waals surface area (Å²) in [5.41, 5.74) is 3.69. The van der Waals surface area contributed by atoms with Crippen molar-refractivity contribution in [1.82, 2.24) is 14.7 Å². The molecule has 9 heteroatoms. The van der Waals surface area contributed by atoms with Crippen molar-refractivity contribution in [2.24, 2.45) is 0 Å². The maximum Gasteiger partial charge on any atom is 0.298 e. The highest BCUT2D eigenvalue weighted by molar-refractivity contribution is 7.89. The first-order valence-corrected chi connectivity index (χ1v) is 14.4. The number of H-pyrrole nitrogens is 1. The fourth-order valence-electron chi connectivity index (χ4n) is 4.21. The van der Waals surface area contributed by atoms with Gasteiger partial charge >= 0.3 is 0 Å². The number of carbonyl (C=O) groups is 1. The summed E-state index contributed by atoms with van der Waals surface area (Å²) in [6.07, 6.45) is 8.89. The third kappa shape index (κ3) is 7.25. The number of aromatic amines is 1. The van der Waals surface area contributed by atoms with Crippen molar-refractivity contribution < 1.29 is 23.4 Å². The van der Waals surface area contributed by atoms with Crippen LogP contribution in [0, 0.1) is 0 Å². The minimum Gasteiger partial charge on any atom is -0.508 e. The Hall–Kier alpha value is -3.59. The third-order valence-electron chi connectivity index (χ3n) is 6.34. The molecular formula is C29H37N3O5S. The van der Waals surface area contributed by atoms with E-state index >= 15 is 0 Å². The lowest BCUT2D eigenvalue weighted by Gasteiger charge is -2.16. The number of aromatic hydroxyl groups is 2. The van der Waals surface area contributed by atoms with E-state index < -0.39 is 26.8 Å². The molecule has 0 saturated heterocycles. The SMILES string of the molecule is CCCCCc1cc(O)c(CC=C(C)CCC=C(C)C)c(O)c1C(=O)NS(=O)(=O)c1nc2ccccc2[nH]1. The molecule has 204 valence electrons. The Bertz CT molecular complexity index is 1430. The van der Waals surface area contributed by atoms with Crippen LogP contribution < -0.4 is 4.72 Å². The first-order chi connectivity index (χ1) is 18.0. The number of unbranched alkanes of at least 4 members (excludes halogenated alkanes) is 2. The highest BCUT2D eigenvalue weighted by Crippen LogP contribution is 2.36. The topological polar surface area (TPSA) is 132 Å². The van der Waals surface area contributed by atoms with Crippen molar-refractivity contribution >= 4 is 27.0 Å². The molecule has 3 aromatic rings. The fraction of sp³-hybridized carbons (Fsp3) is 0.379. The number of carbonyl (C=O) groups excluding carboxylic acids is 1. The summed E-state index contributed by atoms with van der Waals surface area (Å²) < 4.78 is 28.1. The average molecular weight is 540 g/mol. The van der Waals surface area contributed by atoms with Gasteiger partial charge in [0.2, 0.25) is 5.16 Å². The molecule has 0 bridgehead atoms. The van der Waals surface area contributed by atoms with Crippen molar-refractivity contribution in [2.45, 2.75) is 77.8 Å². The Labute approximate surface area is 224 Å². The van der Waals surface area contributed by atoms with Crippen LogP contribution in [0.1, 0.15) is 81.3 Å². The van der Waals surface area contributed by atoms with Crippen LogP contribution in [0.3, 0.4) is 0 Å². The molecule has 2 aromatic carbocycles. The number of allylic oxidation sites excluding steroid dienone is 4. The zero-order chi connectivity index (χ0) is 27.9. The highest BCUT2D eigenvalue weighted by Gasteiger charge is 2.28. The molecular weight excluding hydrogens is 502 g/mol. The Morgan fingerprint density at radius 2 is 1.84 bits per heavy atom. The van der Waals surface area contributed by atoms with Gasteiger partial charge in [0.15, 0.2) is 0 Å². The van der Waals surface area contributed by atoms with Gasteiger partial charge in [0, 0.05) is 5.56 Å². The van der Waals surface area contributed by atoms with Crippen molar-refractivity contribution in [2.75, 3.05) is 0 Å². The number of imidazole rings is 1. The molecule has 1 heterocycles. The zero-order valence-corrected chi connectivity index (χ0v) is 23.3. The molecule has 38 heavy (non-hydrogen) atoms. The fourth-order valence-corrected chi connectivity index (χ4v) is 5.12. The van der Waals surface area contributed by atoms with E-state index in [1.54, 1.807) is 24.3 Å². The lowest BCUT2D eigenvalue weighted by atomic mass is 9.94. The number of amides is 1. The first kappa shape index (κ1) is 29.0. The van der Waals surface area contributed by atoms with Gasteiger partial charge in [-0.2, -0.15) is 8.42 Å². The van der Waals surface area contributed by atoms with Crippen LogP contribution in [0.2, 0.25) is 0 Å². The van der Waals surface area contributed by atoms with E-state index in [9.17, 15) is 23.4 Å². The van der Waals surface area contributed by atoms with Crippen molar-refractivity contribution in [3.63, 3.8) is 0 Å². The lowest BCUT2D eigenvalue weighted by molar-refractivity contribution is 0.0977. The summed E-state index contributed by atoms with van der Waals surface area (Å²) in [6, 6.07) is 8.27. The molecule has 0 atom stereocenters. The van der Waals surface area contributed by atoms with Crippen LogP contribution in [0.4, 0.5) is 0 Å². The van der Waals surface area contributed by atoms with E-state index in [0.717, 1.165) is 31.3 Å². The van der Waals surface area contributed by atoms with Gasteiger partial charge in [-0.25, -0.2) is 9.71 Å². The summed E-state index contributed by atoms with van der Waals surface area (Å²) >= 11 is 0. The molecule has 1 aromatic heterocycles. The van der Waals surface area contributed by atoms with Gasteiger partial charge in [-0.05, 0) is 76.6 Å². The van der Waals surface area contributed by atoms with Gasteiger partial charge in [-0.15, -0.1) is 0 Å². The molecule has 4 N–H and O–H groups in total. The van der Waals surface area contributed by atoms with Crippen molar-refractivity contribution in [3.8, 4) is 11.5 Å². The van der Waals surface area contributed by atoms with Crippen LogP contribution in [-0.4, -0.2) is 34.5 Å². The van der Waals surface area contributed by atoms with E-state index in [0.29, 0.717) is 29.4 Å². The number of phenols is 2. The van der Waals surface area contributed by atoms with Gasteiger partial charge in [-0.1, -0.05) is 55.2 Å². The number of para-hydroxylation sites is 2. The molecule has 0 aliphatic heterocycles.